The first kappa shape index (κ1) is 20.8. The fraction of sp³-hybridized carbons (Fsp3) is 0.375. The molecule has 0 bridgehead atoms. The lowest BCUT2D eigenvalue weighted by atomic mass is 10.1. The zero-order chi connectivity index (χ0) is 20.3. The molecule has 29 heavy (non-hydrogen) atoms. The van der Waals surface area contributed by atoms with Crippen LogP contribution in [0, 0.1) is 5.92 Å². The SMILES string of the molecule is C=CCOc1ccccc1CN=C(NCC)NCC1CCN(c2ccccc2)C1. The molecule has 1 unspecified atom stereocenters. The van der Waals surface area contributed by atoms with Gasteiger partial charge >= 0.3 is 0 Å². The summed E-state index contributed by atoms with van der Waals surface area (Å²) in [6, 6.07) is 18.7. The third-order valence-corrected chi connectivity index (χ3v) is 5.05. The van der Waals surface area contributed by atoms with Crippen molar-refractivity contribution >= 4 is 11.6 Å². The molecule has 0 aliphatic carbocycles. The van der Waals surface area contributed by atoms with E-state index in [9.17, 15) is 0 Å². The highest BCUT2D eigenvalue weighted by atomic mass is 16.5. The maximum atomic E-state index is 5.74. The highest BCUT2D eigenvalue weighted by Crippen LogP contribution is 2.23. The van der Waals surface area contributed by atoms with E-state index in [0.29, 0.717) is 19.1 Å². The summed E-state index contributed by atoms with van der Waals surface area (Å²) in [6.45, 7) is 10.8. The lowest BCUT2D eigenvalue weighted by Gasteiger charge is -2.19. The first-order chi connectivity index (χ1) is 14.3. The number of hydrogen-bond donors (Lipinski definition) is 2. The quantitative estimate of drug-likeness (QED) is 0.387. The molecule has 5 heteroatoms. The van der Waals surface area contributed by atoms with Crippen LogP contribution in [0.15, 0.2) is 72.2 Å². The van der Waals surface area contributed by atoms with E-state index >= 15 is 0 Å². The van der Waals surface area contributed by atoms with Gasteiger partial charge < -0.3 is 20.3 Å². The van der Waals surface area contributed by atoms with Gasteiger partial charge in [-0.25, -0.2) is 4.99 Å². The summed E-state index contributed by atoms with van der Waals surface area (Å²) in [5, 5.41) is 6.87. The van der Waals surface area contributed by atoms with E-state index in [-0.39, 0.29) is 0 Å². The molecule has 0 saturated carbocycles. The van der Waals surface area contributed by atoms with Gasteiger partial charge in [-0.1, -0.05) is 49.1 Å². The van der Waals surface area contributed by atoms with Crippen LogP contribution in [0.5, 0.6) is 5.75 Å². The number of guanidine groups is 1. The predicted molar refractivity (Wildman–Crippen MR) is 122 cm³/mol. The van der Waals surface area contributed by atoms with Gasteiger partial charge in [0, 0.05) is 37.4 Å². The fourth-order valence-corrected chi connectivity index (χ4v) is 3.54. The monoisotopic (exact) mass is 392 g/mol. The van der Waals surface area contributed by atoms with Gasteiger partial charge in [-0.15, -0.1) is 0 Å². The number of aliphatic imine (C=N–C) groups is 1. The molecule has 1 aliphatic rings. The Labute approximate surface area is 174 Å². The van der Waals surface area contributed by atoms with E-state index in [4.69, 9.17) is 9.73 Å². The van der Waals surface area contributed by atoms with E-state index in [1.807, 2.05) is 18.2 Å². The van der Waals surface area contributed by atoms with Crippen LogP contribution in [0.4, 0.5) is 5.69 Å². The smallest absolute Gasteiger partial charge is 0.191 e. The summed E-state index contributed by atoms with van der Waals surface area (Å²) >= 11 is 0. The lowest BCUT2D eigenvalue weighted by Crippen LogP contribution is -2.40. The molecule has 2 N–H and O–H groups in total. The molecule has 0 amide bonds. The number of anilines is 1. The van der Waals surface area contributed by atoms with Crippen LogP contribution in [-0.2, 0) is 6.54 Å². The van der Waals surface area contributed by atoms with Gasteiger partial charge in [-0.2, -0.15) is 0 Å². The molecule has 0 radical (unpaired) electrons. The third kappa shape index (κ3) is 6.28. The van der Waals surface area contributed by atoms with Gasteiger partial charge in [-0.05, 0) is 37.5 Å². The first-order valence-corrected chi connectivity index (χ1v) is 10.4. The van der Waals surface area contributed by atoms with Crippen LogP contribution in [0.2, 0.25) is 0 Å². The molecule has 0 spiro atoms. The number of rotatable bonds is 9. The molecule has 1 heterocycles. The van der Waals surface area contributed by atoms with E-state index in [0.717, 1.165) is 43.5 Å². The Bertz CT molecular complexity index is 790. The number of benzene rings is 2. The molecule has 5 nitrogen and oxygen atoms in total. The topological polar surface area (TPSA) is 48.9 Å². The summed E-state index contributed by atoms with van der Waals surface area (Å²) in [5.41, 5.74) is 2.38. The molecule has 3 rings (SSSR count). The lowest BCUT2D eigenvalue weighted by molar-refractivity contribution is 0.359. The van der Waals surface area contributed by atoms with Gasteiger partial charge in [0.05, 0.1) is 6.54 Å². The van der Waals surface area contributed by atoms with Gasteiger partial charge in [0.25, 0.3) is 0 Å². The highest BCUT2D eigenvalue weighted by molar-refractivity contribution is 5.79. The normalized spacial score (nSPS) is 16.5. The minimum absolute atomic E-state index is 0.499. The molecule has 1 fully saturated rings. The molecule has 1 saturated heterocycles. The predicted octanol–water partition coefficient (Wildman–Crippen LogP) is 3.83. The minimum atomic E-state index is 0.499. The Balaban J connectivity index is 1.54. The van der Waals surface area contributed by atoms with Crippen molar-refractivity contribution in [3.63, 3.8) is 0 Å². The van der Waals surface area contributed by atoms with Crippen molar-refractivity contribution in [2.75, 3.05) is 37.7 Å². The molecule has 0 aromatic heterocycles. The second-order valence-electron chi connectivity index (χ2n) is 7.22. The van der Waals surface area contributed by atoms with Crippen LogP contribution in [0.3, 0.4) is 0 Å². The molecular formula is C24H32N4O. The van der Waals surface area contributed by atoms with E-state index < -0.39 is 0 Å². The number of nitrogens with zero attached hydrogens (tertiary/aromatic N) is 2. The number of nitrogens with one attached hydrogen (secondary N) is 2. The van der Waals surface area contributed by atoms with E-state index in [2.05, 4.69) is 65.4 Å². The summed E-state index contributed by atoms with van der Waals surface area (Å²) in [7, 11) is 0. The van der Waals surface area contributed by atoms with E-state index in [1.165, 1.54) is 12.1 Å². The highest BCUT2D eigenvalue weighted by Gasteiger charge is 2.22. The van der Waals surface area contributed by atoms with Crippen LogP contribution >= 0.6 is 0 Å². The Morgan fingerprint density at radius 3 is 2.76 bits per heavy atom. The first-order valence-electron chi connectivity index (χ1n) is 10.4. The Hall–Kier alpha value is -2.95. The number of para-hydroxylation sites is 2. The molecular weight excluding hydrogens is 360 g/mol. The fourth-order valence-electron chi connectivity index (χ4n) is 3.54. The standard InChI is InChI=1S/C24H32N4O/c1-3-16-29-23-13-9-8-10-21(23)18-27-24(25-4-2)26-17-20-14-15-28(19-20)22-11-6-5-7-12-22/h3,5-13,20H,1,4,14-19H2,2H3,(H2,25,26,27). The Kier molecular flexibility index (Phi) is 7.99. The van der Waals surface area contributed by atoms with E-state index in [1.54, 1.807) is 6.08 Å². The van der Waals surface area contributed by atoms with Gasteiger partial charge in [0.15, 0.2) is 5.96 Å². The zero-order valence-corrected chi connectivity index (χ0v) is 17.3. The zero-order valence-electron chi connectivity index (χ0n) is 17.3. The van der Waals surface area contributed by atoms with Crippen molar-refractivity contribution in [3.8, 4) is 5.75 Å². The average Bonchev–Trinajstić information content (AvgIpc) is 3.24. The van der Waals surface area contributed by atoms with Crippen molar-refractivity contribution in [1.82, 2.24) is 10.6 Å². The molecule has 154 valence electrons. The van der Waals surface area contributed by atoms with Crippen molar-refractivity contribution in [1.29, 1.82) is 0 Å². The molecule has 2 aromatic rings. The summed E-state index contributed by atoms with van der Waals surface area (Å²) in [4.78, 5) is 7.23. The second-order valence-corrected chi connectivity index (χ2v) is 7.22. The maximum absolute atomic E-state index is 5.74. The van der Waals surface area contributed by atoms with Crippen molar-refractivity contribution in [2.45, 2.75) is 19.9 Å². The van der Waals surface area contributed by atoms with Crippen LogP contribution in [-0.4, -0.2) is 38.7 Å². The summed E-state index contributed by atoms with van der Waals surface area (Å²) in [6.07, 6.45) is 2.95. The third-order valence-electron chi connectivity index (χ3n) is 5.05. The van der Waals surface area contributed by atoms with Crippen LogP contribution < -0.4 is 20.3 Å². The Morgan fingerprint density at radius 2 is 1.97 bits per heavy atom. The average molecular weight is 393 g/mol. The molecule has 1 atom stereocenters. The van der Waals surface area contributed by atoms with Crippen LogP contribution in [0.1, 0.15) is 18.9 Å². The summed E-state index contributed by atoms with van der Waals surface area (Å²) < 4.78 is 5.74. The molecule has 1 aliphatic heterocycles. The largest absolute Gasteiger partial charge is 0.489 e. The maximum Gasteiger partial charge on any atom is 0.191 e. The van der Waals surface area contributed by atoms with Gasteiger partial charge in [-0.3, -0.25) is 0 Å². The summed E-state index contributed by atoms with van der Waals surface area (Å²) in [5.74, 6) is 2.33. The number of ether oxygens (including phenoxy) is 1. The van der Waals surface area contributed by atoms with Crippen LogP contribution in [0.25, 0.3) is 0 Å². The van der Waals surface area contributed by atoms with Gasteiger partial charge in [0.2, 0.25) is 0 Å². The molecule has 2 aromatic carbocycles. The van der Waals surface area contributed by atoms with Crippen molar-refractivity contribution < 1.29 is 4.74 Å². The minimum Gasteiger partial charge on any atom is -0.489 e. The Morgan fingerprint density at radius 1 is 1.17 bits per heavy atom. The van der Waals surface area contributed by atoms with Crippen molar-refractivity contribution in [2.24, 2.45) is 10.9 Å². The second kappa shape index (κ2) is 11.1. The van der Waals surface area contributed by atoms with Crippen molar-refractivity contribution in [3.05, 3.63) is 72.8 Å². The number of hydrogen-bond acceptors (Lipinski definition) is 3. The van der Waals surface area contributed by atoms with Gasteiger partial charge in [0.1, 0.15) is 12.4 Å².